The van der Waals surface area contributed by atoms with Crippen LogP contribution in [0.25, 0.3) is 0 Å². The Balaban J connectivity index is 1.52. The van der Waals surface area contributed by atoms with Crippen LogP contribution >= 0.6 is 0 Å². The second-order valence-corrected chi connectivity index (χ2v) is 4.97. The molecule has 104 valence electrons. The molecule has 2 aromatic rings. The molecular weight excluding hydrogens is 250 g/mol. The van der Waals surface area contributed by atoms with Gasteiger partial charge in [-0.15, -0.1) is 0 Å². The van der Waals surface area contributed by atoms with E-state index in [1.165, 1.54) is 12.8 Å². The minimum absolute atomic E-state index is 0.686. The quantitative estimate of drug-likeness (QED) is 0.779. The summed E-state index contributed by atoms with van der Waals surface area (Å²) in [5.74, 6) is 2.47. The Morgan fingerprint density at radius 3 is 2.45 bits per heavy atom. The van der Waals surface area contributed by atoms with Crippen LogP contribution in [-0.2, 0) is 0 Å². The van der Waals surface area contributed by atoms with Crippen molar-refractivity contribution in [2.45, 2.75) is 18.9 Å². The van der Waals surface area contributed by atoms with Gasteiger partial charge in [0.15, 0.2) is 0 Å². The highest BCUT2D eigenvalue weighted by molar-refractivity contribution is 5.36. The smallest absolute Gasteiger partial charge is 0.131 e. The van der Waals surface area contributed by atoms with Gasteiger partial charge in [-0.25, -0.2) is 0 Å². The lowest BCUT2D eigenvalue weighted by atomic mass is 10.3. The van der Waals surface area contributed by atoms with Gasteiger partial charge in [-0.05, 0) is 37.1 Å². The zero-order chi connectivity index (χ0) is 13.6. The van der Waals surface area contributed by atoms with Gasteiger partial charge in [-0.1, -0.05) is 24.3 Å². The molecular formula is C17H19NO2. The Morgan fingerprint density at radius 1 is 0.900 bits per heavy atom. The van der Waals surface area contributed by atoms with Crippen molar-refractivity contribution in [3.63, 3.8) is 0 Å². The van der Waals surface area contributed by atoms with E-state index >= 15 is 0 Å². The molecule has 0 saturated heterocycles. The van der Waals surface area contributed by atoms with E-state index in [4.69, 9.17) is 9.47 Å². The molecule has 0 atom stereocenters. The van der Waals surface area contributed by atoms with Gasteiger partial charge in [0.05, 0.1) is 0 Å². The summed E-state index contributed by atoms with van der Waals surface area (Å²) in [5.41, 5.74) is 0. The van der Waals surface area contributed by atoms with E-state index in [2.05, 4.69) is 5.32 Å². The summed E-state index contributed by atoms with van der Waals surface area (Å²) >= 11 is 0. The van der Waals surface area contributed by atoms with E-state index < -0.39 is 0 Å². The SMILES string of the molecule is c1ccc(Oc2cccc(OCCNC3CC3)c2)cc1. The van der Waals surface area contributed by atoms with Crippen LogP contribution in [0.2, 0.25) is 0 Å². The third kappa shape index (κ3) is 4.00. The monoisotopic (exact) mass is 269 g/mol. The van der Waals surface area contributed by atoms with Crippen LogP contribution in [-0.4, -0.2) is 19.2 Å². The molecule has 1 N–H and O–H groups in total. The molecule has 0 amide bonds. The zero-order valence-corrected chi connectivity index (χ0v) is 11.4. The lowest BCUT2D eigenvalue weighted by Crippen LogP contribution is -2.22. The summed E-state index contributed by atoms with van der Waals surface area (Å²) in [5, 5.41) is 3.43. The average molecular weight is 269 g/mol. The third-order valence-electron chi connectivity index (χ3n) is 3.17. The predicted octanol–water partition coefficient (Wildman–Crippen LogP) is 3.61. The van der Waals surface area contributed by atoms with Gasteiger partial charge in [0.2, 0.25) is 0 Å². The summed E-state index contributed by atoms with van der Waals surface area (Å²) in [6.45, 7) is 1.58. The van der Waals surface area contributed by atoms with Crippen LogP contribution in [0.3, 0.4) is 0 Å². The molecule has 1 aliphatic rings. The van der Waals surface area contributed by atoms with Gasteiger partial charge in [0.25, 0.3) is 0 Å². The highest BCUT2D eigenvalue weighted by Gasteiger charge is 2.19. The van der Waals surface area contributed by atoms with E-state index in [0.717, 1.165) is 29.8 Å². The van der Waals surface area contributed by atoms with Crippen molar-refractivity contribution in [3.8, 4) is 17.2 Å². The highest BCUT2D eigenvalue weighted by Crippen LogP contribution is 2.25. The number of hydrogen-bond donors (Lipinski definition) is 1. The molecule has 0 spiro atoms. The standard InChI is InChI=1S/C17H19NO2/c1-2-5-15(6-3-1)20-17-8-4-7-16(13-17)19-12-11-18-14-9-10-14/h1-8,13-14,18H,9-12H2. The molecule has 20 heavy (non-hydrogen) atoms. The van der Waals surface area contributed by atoms with Crippen LogP contribution in [0.1, 0.15) is 12.8 Å². The first kappa shape index (κ1) is 13.0. The molecule has 3 heteroatoms. The molecule has 3 rings (SSSR count). The van der Waals surface area contributed by atoms with Crippen LogP contribution < -0.4 is 14.8 Å². The van der Waals surface area contributed by atoms with Crippen molar-refractivity contribution in [1.82, 2.24) is 5.32 Å². The molecule has 1 saturated carbocycles. The predicted molar refractivity (Wildman–Crippen MR) is 79.5 cm³/mol. The largest absolute Gasteiger partial charge is 0.492 e. The van der Waals surface area contributed by atoms with Crippen molar-refractivity contribution < 1.29 is 9.47 Å². The zero-order valence-electron chi connectivity index (χ0n) is 11.4. The average Bonchev–Trinajstić information content (AvgIpc) is 3.29. The number of rotatable bonds is 7. The molecule has 0 heterocycles. The first-order valence-corrected chi connectivity index (χ1v) is 7.09. The Labute approximate surface area is 119 Å². The Hall–Kier alpha value is -2.00. The maximum absolute atomic E-state index is 5.78. The van der Waals surface area contributed by atoms with E-state index in [-0.39, 0.29) is 0 Å². The third-order valence-corrected chi connectivity index (χ3v) is 3.17. The van der Waals surface area contributed by atoms with Crippen molar-refractivity contribution >= 4 is 0 Å². The van der Waals surface area contributed by atoms with Crippen LogP contribution in [0, 0.1) is 0 Å². The number of para-hydroxylation sites is 1. The minimum atomic E-state index is 0.686. The maximum atomic E-state index is 5.78. The molecule has 0 radical (unpaired) electrons. The van der Waals surface area contributed by atoms with E-state index in [0.29, 0.717) is 6.61 Å². The number of benzene rings is 2. The van der Waals surface area contributed by atoms with Gasteiger partial charge < -0.3 is 14.8 Å². The van der Waals surface area contributed by atoms with Gasteiger partial charge in [-0.3, -0.25) is 0 Å². The first-order valence-electron chi connectivity index (χ1n) is 7.09. The fraction of sp³-hybridized carbons (Fsp3) is 0.294. The minimum Gasteiger partial charge on any atom is -0.492 e. The van der Waals surface area contributed by atoms with E-state index in [1.54, 1.807) is 0 Å². The molecule has 0 bridgehead atoms. The van der Waals surface area contributed by atoms with Crippen molar-refractivity contribution in [3.05, 3.63) is 54.6 Å². The van der Waals surface area contributed by atoms with Crippen LogP contribution in [0.4, 0.5) is 0 Å². The molecule has 1 fully saturated rings. The van der Waals surface area contributed by atoms with Gasteiger partial charge in [0.1, 0.15) is 23.9 Å². The molecule has 1 aliphatic carbocycles. The van der Waals surface area contributed by atoms with Crippen molar-refractivity contribution in [2.75, 3.05) is 13.2 Å². The molecule has 0 unspecified atom stereocenters. The van der Waals surface area contributed by atoms with Crippen molar-refractivity contribution in [1.29, 1.82) is 0 Å². The van der Waals surface area contributed by atoms with Gasteiger partial charge in [-0.2, -0.15) is 0 Å². The Morgan fingerprint density at radius 2 is 1.65 bits per heavy atom. The first-order chi connectivity index (χ1) is 9.90. The Kier molecular flexibility index (Phi) is 4.19. The molecule has 0 aliphatic heterocycles. The lowest BCUT2D eigenvalue weighted by molar-refractivity contribution is 0.312. The topological polar surface area (TPSA) is 30.5 Å². The fourth-order valence-corrected chi connectivity index (χ4v) is 1.97. The summed E-state index contributed by atoms with van der Waals surface area (Å²) in [6, 6.07) is 18.2. The molecule has 3 nitrogen and oxygen atoms in total. The molecule has 2 aromatic carbocycles. The fourth-order valence-electron chi connectivity index (χ4n) is 1.97. The second kappa shape index (κ2) is 6.44. The lowest BCUT2D eigenvalue weighted by Gasteiger charge is -2.09. The summed E-state index contributed by atoms with van der Waals surface area (Å²) in [7, 11) is 0. The van der Waals surface area contributed by atoms with Crippen LogP contribution in [0.5, 0.6) is 17.2 Å². The summed E-state index contributed by atoms with van der Waals surface area (Å²) < 4.78 is 11.5. The van der Waals surface area contributed by atoms with Crippen molar-refractivity contribution in [2.24, 2.45) is 0 Å². The number of ether oxygens (including phenoxy) is 2. The molecule has 0 aromatic heterocycles. The summed E-state index contributed by atoms with van der Waals surface area (Å²) in [6.07, 6.45) is 2.61. The highest BCUT2D eigenvalue weighted by atomic mass is 16.5. The maximum Gasteiger partial charge on any atom is 0.131 e. The van der Waals surface area contributed by atoms with Gasteiger partial charge >= 0.3 is 0 Å². The van der Waals surface area contributed by atoms with E-state index in [9.17, 15) is 0 Å². The Bertz CT molecular complexity index is 538. The van der Waals surface area contributed by atoms with Crippen LogP contribution in [0.15, 0.2) is 54.6 Å². The number of hydrogen-bond acceptors (Lipinski definition) is 3. The normalized spacial score (nSPS) is 14.0. The number of nitrogens with one attached hydrogen (secondary N) is 1. The van der Waals surface area contributed by atoms with Gasteiger partial charge in [0, 0.05) is 18.7 Å². The second-order valence-electron chi connectivity index (χ2n) is 4.97. The summed E-state index contributed by atoms with van der Waals surface area (Å²) in [4.78, 5) is 0. The van der Waals surface area contributed by atoms with E-state index in [1.807, 2.05) is 54.6 Å².